The second-order valence-electron chi connectivity index (χ2n) is 8.58. The number of carbonyl (C=O) groups excluding carboxylic acids is 2. The van der Waals surface area contributed by atoms with Gasteiger partial charge in [0.1, 0.15) is 6.04 Å². The average molecular weight is 444 g/mol. The number of piperidine rings is 1. The molecule has 10 nitrogen and oxygen atoms in total. The quantitative estimate of drug-likeness (QED) is 0.577. The second kappa shape index (κ2) is 9.25. The van der Waals surface area contributed by atoms with Crippen molar-refractivity contribution in [3.8, 4) is 0 Å². The average Bonchev–Trinajstić information content (AvgIpc) is 3.00. The van der Waals surface area contributed by atoms with E-state index >= 15 is 0 Å². The molecule has 32 heavy (non-hydrogen) atoms. The summed E-state index contributed by atoms with van der Waals surface area (Å²) in [6.45, 7) is 4.20. The van der Waals surface area contributed by atoms with E-state index in [1.165, 1.54) is 4.57 Å². The van der Waals surface area contributed by atoms with Crippen LogP contribution < -0.4 is 11.0 Å². The van der Waals surface area contributed by atoms with Crippen molar-refractivity contribution in [3.63, 3.8) is 0 Å². The third-order valence-corrected chi connectivity index (χ3v) is 6.45. The maximum atomic E-state index is 13.0. The monoisotopic (exact) mass is 443 g/mol. The Labute approximate surface area is 185 Å². The number of amides is 2. The predicted molar refractivity (Wildman–Crippen MR) is 117 cm³/mol. The zero-order valence-corrected chi connectivity index (χ0v) is 18.2. The molecule has 0 aliphatic carbocycles. The summed E-state index contributed by atoms with van der Waals surface area (Å²) in [6, 6.07) is 5.10. The Balaban J connectivity index is 1.45. The third kappa shape index (κ3) is 4.46. The topological polar surface area (TPSA) is 117 Å². The van der Waals surface area contributed by atoms with Gasteiger partial charge >= 0.3 is 11.7 Å². The molecule has 3 heterocycles. The number of carbonyl (C=O) groups is 3. The van der Waals surface area contributed by atoms with Gasteiger partial charge in [0.25, 0.3) is 0 Å². The Bertz CT molecular complexity index is 1100. The summed E-state index contributed by atoms with van der Waals surface area (Å²) < 4.78 is 3.11. The van der Waals surface area contributed by atoms with Crippen LogP contribution in [0.1, 0.15) is 30.9 Å². The number of hydrogen-bond acceptors (Lipinski definition) is 6. The van der Waals surface area contributed by atoms with Gasteiger partial charge in [0, 0.05) is 39.6 Å². The lowest BCUT2D eigenvalue weighted by Gasteiger charge is -2.33. The first-order valence-electron chi connectivity index (χ1n) is 11.0. The Morgan fingerprint density at radius 2 is 1.84 bits per heavy atom. The van der Waals surface area contributed by atoms with Crippen LogP contribution in [0.2, 0.25) is 0 Å². The highest BCUT2D eigenvalue weighted by molar-refractivity contribution is 6.00. The number of carboxylic acids is 1. The molecule has 1 aromatic carbocycles. The van der Waals surface area contributed by atoms with E-state index in [9.17, 15) is 19.2 Å². The van der Waals surface area contributed by atoms with Crippen molar-refractivity contribution in [2.75, 3.05) is 39.3 Å². The van der Waals surface area contributed by atoms with E-state index in [1.807, 2.05) is 23.1 Å². The smallest absolute Gasteiger partial charge is 0.329 e. The molecule has 2 N–H and O–H groups in total. The van der Waals surface area contributed by atoms with Gasteiger partial charge in [-0.25, -0.2) is 4.79 Å². The number of rotatable bonds is 7. The van der Waals surface area contributed by atoms with E-state index in [1.54, 1.807) is 11.6 Å². The summed E-state index contributed by atoms with van der Waals surface area (Å²) in [7, 11) is 1.72. The minimum atomic E-state index is -0.790. The molecule has 1 aromatic heterocycles. The summed E-state index contributed by atoms with van der Waals surface area (Å²) in [5, 5.41) is 11.3. The number of para-hydroxylation sites is 1. The summed E-state index contributed by atoms with van der Waals surface area (Å²) in [4.78, 5) is 52.0. The predicted octanol–water partition coefficient (Wildman–Crippen LogP) is -0.0475. The third-order valence-electron chi connectivity index (χ3n) is 6.45. The molecular weight excluding hydrogens is 414 g/mol. The van der Waals surface area contributed by atoms with Crippen LogP contribution in [0, 0.1) is 0 Å². The number of aromatic nitrogens is 2. The van der Waals surface area contributed by atoms with E-state index in [2.05, 4.69) is 10.2 Å². The van der Waals surface area contributed by atoms with Crippen LogP contribution in [0.15, 0.2) is 23.0 Å². The van der Waals surface area contributed by atoms with E-state index in [0.717, 1.165) is 56.6 Å². The minimum Gasteiger partial charge on any atom is -0.480 e. The lowest BCUT2D eigenvalue weighted by atomic mass is 10.0. The fourth-order valence-corrected chi connectivity index (χ4v) is 4.81. The molecule has 2 amide bonds. The number of nitrogens with one attached hydrogen (secondary N) is 1. The Morgan fingerprint density at radius 3 is 2.53 bits per heavy atom. The van der Waals surface area contributed by atoms with E-state index in [0.29, 0.717) is 11.9 Å². The maximum absolute atomic E-state index is 13.0. The Morgan fingerprint density at radius 1 is 1.12 bits per heavy atom. The number of carboxylic acid groups (broad SMARTS) is 1. The lowest BCUT2D eigenvalue weighted by Crippen LogP contribution is -2.48. The number of aryl methyl sites for hydroxylation is 2. The standard InChI is InChI=1S/C22H29N5O5/c1-24-20-15(5-3-9-25-10-12-26(13-11-25)14-19(29)30)4-2-6-16(20)27(22(24)32)17-7-8-18(28)23-21(17)31/h2,4,6,17H,3,5,7-14H2,1H3,(H,29,30)(H,23,28,31). The largest absolute Gasteiger partial charge is 0.480 e. The van der Waals surface area contributed by atoms with Crippen molar-refractivity contribution < 1.29 is 19.5 Å². The number of aliphatic carboxylic acids is 1. The van der Waals surface area contributed by atoms with E-state index < -0.39 is 17.9 Å². The molecule has 1 atom stereocenters. The van der Waals surface area contributed by atoms with Crippen molar-refractivity contribution in [1.29, 1.82) is 0 Å². The van der Waals surface area contributed by atoms with Crippen LogP contribution >= 0.6 is 0 Å². The summed E-state index contributed by atoms with van der Waals surface area (Å²) in [5.74, 6) is -1.52. The number of hydrogen-bond donors (Lipinski definition) is 2. The molecule has 2 aliphatic rings. The summed E-state index contributed by atoms with van der Waals surface area (Å²) in [6.07, 6.45) is 2.25. The maximum Gasteiger partial charge on any atom is 0.329 e. The summed E-state index contributed by atoms with van der Waals surface area (Å²) in [5.41, 5.74) is 2.34. The molecular formula is C22H29N5O5. The number of nitrogens with zero attached hydrogens (tertiary/aromatic N) is 4. The molecule has 4 rings (SSSR count). The number of fused-ring (bicyclic) bond motifs is 1. The molecule has 0 saturated carbocycles. The fraction of sp³-hybridized carbons (Fsp3) is 0.545. The van der Waals surface area contributed by atoms with Gasteiger partial charge in [-0.05, 0) is 37.4 Å². The van der Waals surface area contributed by atoms with Gasteiger partial charge < -0.3 is 10.0 Å². The molecule has 0 bridgehead atoms. The Kier molecular flexibility index (Phi) is 6.43. The van der Waals surface area contributed by atoms with Crippen LogP contribution in [0.5, 0.6) is 0 Å². The molecule has 0 spiro atoms. The van der Waals surface area contributed by atoms with E-state index in [4.69, 9.17) is 5.11 Å². The minimum absolute atomic E-state index is 0.0913. The molecule has 2 saturated heterocycles. The number of benzene rings is 1. The van der Waals surface area contributed by atoms with Crippen LogP contribution in [0.4, 0.5) is 0 Å². The van der Waals surface area contributed by atoms with Gasteiger partial charge in [0.15, 0.2) is 0 Å². The van der Waals surface area contributed by atoms with Crippen LogP contribution in [-0.2, 0) is 27.9 Å². The van der Waals surface area contributed by atoms with Gasteiger partial charge in [0.2, 0.25) is 11.8 Å². The van der Waals surface area contributed by atoms with Crippen LogP contribution in [0.25, 0.3) is 11.0 Å². The number of imidazole rings is 1. The molecule has 2 aromatic rings. The molecule has 10 heteroatoms. The van der Waals surface area contributed by atoms with Crippen molar-refractivity contribution >= 4 is 28.8 Å². The first kappa shape index (κ1) is 22.2. The van der Waals surface area contributed by atoms with Gasteiger partial charge in [-0.3, -0.25) is 33.7 Å². The first-order valence-corrected chi connectivity index (χ1v) is 11.0. The Hall–Kier alpha value is -2.98. The molecule has 2 aliphatic heterocycles. The second-order valence-corrected chi connectivity index (χ2v) is 8.58. The highest BCUT2D eigenvalue weighted by Gasteiger charge is 2.31. The van der Waals surface area contributed by atoms with Gasteiger partial charge in [0.05, 0.1) is 17.6 Å². The zero-order chi connectivity index (χ0) is 22.8. The van der Waals surface area contributed by atoms with Crippen molar-refractivity contribution in [2.45, 2.75) is 31.7 Å². The molecule has 172 valence electrons. The molecule has 1 unspecified atom stereocenters. The first-order chi connectivity index (χ1) is 15.3. The van der Waals surface area contributed by atoms with Crippen LogP contribution in [0.3, 0.4) is 0 Å². The van der Waals surface area contributed by atoms with Crippen molar-refractivity contribution in [1.82, 2.24) is 24.3 Å². The highest BCUT2D eigenvalue weighted by atomic mass is 16.4. The SMILES string of the molecule is Cn1c(=O)n(C2CCC(=O)NC2=O)c2cccc(CCCN3CCN(CC(=O)O)CC3)c21. The number of imide groups is 1. The zero-order valence-electron chi connectivity index (χ0n) is 18.2. The van der Waals surface area contributed by atoms with Crippen molar-refractivity contribution in [3.05, 3.63) is 34.2 Å². The van der Waals surface area contributed by atoms with Gasteiger partial charge in [-0.1, -0.05) is 12.1 Å². The number of piperazine rings is 1. The van der Waals surface area contributed by atoms with E-state index in [-0.39, 0.29) is 24.6 Å². The molecule has 0 radical (unpaired) electrons. The summed E-state index contributed by atoms with van der Waals surface area (Å²) >= 11 is 0. The van der Waals surface area contributed by atoms with Gasteiger partial charge in [-0.15, -0.1) is 0 Å². The van der Waals surface area contributed by atoms with Crippen LogP contribution in [-0.4, -0.2) is 81.1 Å². The lowest BCUT2D eigenvalue weighted by molar-refractivity contribution is -0.139. The fourth-order valence-electron chi connectivity index (χ4n) is 4.81. The van der Waals surface area contributed by atoms with Gasteiger partial charge in [-0.2, -0.15) is 0 Å². The highest BCUT2D eigenvalue weighted by Crippen LogP contribution is 2.25. The van der Waals surface area contributed by atoms with Crippen molar-refractivity contribution in [2.24, 2.45) is 7.05 Å². The normalized spacial score (nSPS) is 20.6. The molecule has 2 fully saturated rings.